The lowest BCUT2D eigenvalue weighted by atomic mass is 9.90. The number of thioether (sulfide) groups is 1. The predicted molar refractivity (Wildman–Crippen MR) is 153 cm³/mol. The first-order valence-corrected chi connectivity index (χ1v) is 13.3. The van der Waals surface area contributed by atoms with Crippen molar-refractivity contribution in [3.05, 3.63) is 126 Å². The summed E-state index contributed by atoms with van der Waals surface area (Å²) in [7, 11) is 3.99. The summed E-state index contributed by atoms with van der Waals surface area (Å²) in [4.78, 5) is 30.1. The van der Waals surface area contributed by atoms with Gasteiger partial charge >= 0.3 is 0 Å². The molecule has 0 saturated carbocycles. The molecule has 4 aromatic carbocycles. The molecule has 5 rings (SSSR count). The lowest BCUT2D eigenvalue weighted by Gasteiger charge is -2.25. The summed E-state index contributed by atoms with van der Waals surface area (Å²) in [6.07, 6.45) is 0. The number of benzene rings is 4. The van der Waals surface area contributed by atoms with Crippen LogP contribution in [0.5, 0.6) is 0 Å². The molecule has 5 nitrogen and oxygen atoms in total. The molecule has 2 amide bonds. The molecule has 0 unspecified atom stereocenters. The van der Waals surface area contributed by atoms with E-state index < -0.39 is 5.92 Å². The first-order chi connectivity index (χ1) is 18.0. The summed E-state index contributed by atoms with van der Waals surface area (Å²) >= 11 is 1.61. The number of hydrogen-bond donors (Lipinski definition) is 1. The number of hydrogen-bond acceptors (Lipinski definition) is 4. The van der Waals surface area contributed by atoms with Crippen molar-refractivity contribution < 1.29 is 9.59 Å². The van der Waals surface area contributed by atoms with Gasteiger partial charge in [0, 0.05) is 31.2 Å². The molecule has 4 aromatic rings. The van der Waals surface area contributed by atoms with Crippen molar-refractivity contribution in [2.75, 3.05) is 35.0 Å². The highest BCUT2D eigenvalue weighted by molar-refractivity contribution is 8.00. The Balaban J connectivity index is 1.35. The van der Waals surface area contributed by atoms with Gasteiger partial charge in [0.1, 0.15) is 5.37 Å². The van der Waals surface area contributed by atoms with Crippen molar-refractivity contribution in [3.8, 4) is 0 Å². The van der Waals surface area contributed by atoms with E-state index in [1.165, 1.54) is 0 Å². The van der Waals surface area contributed by atoms with Crippen LogP contribution in [0.15, 0.2) is 109 Å². The molecule has 1 aliphatic heterocycles. The maximum Gasteiger partial charge on any atom is 0.238 e. The van der Waals surface area contributed by atoms with E-state index in [4.69, 9.17) is 0 Å². The first kappa shape index (κ1) is 24.7. The highest BCUT2D eigenvalue weighted by atomic mass is 32.2. The smallest absolute Gasteiger partial charge is 0.238 e. The largest absolute Gasteiger partial charge is 0.378 e. The molecule has 1 heterocycles. The Hall–Kier alpha value is -4.03. The molecule has 6 heteroatoms. The predicted octanol–water partition coefficient (Wildman–Crippen LogP) is 6.30. The van der Waals surface area contributed by atoms with Gasteiger partial charge in [0.25, 0.3) is 0 Å². The van der Waals surface area contributed by atoms with Crippen molar-refractivity contribution in [2.45, 2.75) is 11.3 Å². The van der Waals surface area contributed by atoms with E-state index in [1.54, 1.807) is 11.8 Å². The van der Waals surface area contributed by atoms with Gasteiger partial charge in [0.15, 0.2) is 0 Å². The third-order valence-corrected chi connectivity index (χ3v) is 7.72. The standard InChI is InChI=1S/C31H29N3O2S/c1-33(2)26-17-19-27(20-18-26)34-28(35)21-37-31(34)24-13-15-25(16-14-24)32-30(36)29(22-9-5-3-6-10-22)23-11-7-4-8-12-23/h3-20,29,31H,21H2,1-2H3,(H,32,36)/t31-/m1/s1. The van der Waals surface area contributed by atoms with E-state index >= 15 is 0 Å². The topological polar surface area (TPSA) is 52.6 Å². The number of carbonyl (C=O) groups is 2. The maximum atomic E-state index is 13.4. The molecule has 1 aliphatic rings. The average Bonchev–Trinajstić information content (AvgIpc) is 3.31. The van der Waals surface area contributed by atoms with Crippen LogP contribution in [0.4, 0.5) is 17.1 Å². The summed E-state index contributed by atoms with van der Waals surface area (Å²) in [5.41, 5.74) is 5.61. The summed E-state index contributed by atoms with van der Waals surface area (Å²) in [6.45, 7) is 0. The molecule has 37 heavy (non-hydrogen) atoms. The Labute approximate surface area is 222 Å². The van der Waals surface area contributed by atoms with E-state index in [9.17, 15) is 9.59 Å². The van der Waals surface area contributed by atoms with Crippen molar-refractivity contribution in [2.24, 2.45) is 0 Å². The van der Waals surface area contributed by atoms with Gasteiger partial charge in [0.2, 0.25) is 11.8 Å². The highest BCUT2D eigenvalue weighted by Gasteiger charge is 2.34. The van der Waals surface area contributed by atoms with Crippen LogP contribution in [0, 0.1) is 0 Å². The number of nitrogens with one attached hydrogen (secondary N) is 1. The van der Waals surface area contributed by atoms with Gasteiger partial charge in [-0.05, 0) is 53.1 Å². The van der Waals surface area contributed by atoms with Gasteiger partial charge in [-0.2, -0.15) is 0 Å². The Kier molecular flexibility index (Phi) is 7.28. The van der Waals surface area contributed by atoms with E-state index in [1.807, 2.05) is 133 Å². The Morgan fingerprint density at radius 3 is 1.95 bits per heavy atom. The fourth-order valence-corrected chi connectivity index (χ4v) is 5.77. The van der Waals surface area contributed by atoms with Gasteiger partial charge in [0.05, 0.1) is 11.7 Å². The molecule has 0 aromatic heterocycles. The van der Waals surface area contributed by atoms with Crippen LogP contribution in [0.3, 0.4) is 0 Å². The molecule has 1 fully saturated rings. The van der Waals surface area contributed by atoms with Gasteiger partial charge in [-0.15, -0.1) is 11.8 Å². The fourth-order valence-electron chi connectivity index (χ4n) is 4.59. The zero-order valence-corrected chi connectivity index (χ0v) is 21.7. The van der Waals surface area contributed by atoms with Crippen molar-refractivity contribution in [1.29, 1.82) is 0 Å². The number of rotatable bonds is 7. The molecule has 1 N–H and O–H groups in total. The first-order valence-electron chi connectivity index (χ1n) is 12.2. The van der Waals surface area contributed by atoms with Gasteiger partial charge in [-0.1, -0.05) is 72.8 Å². The second-order valence-electron chi connectivity index (χ2n) is 9.20. The van der Waals surface area contributed by atoms with Gasteiger partial charge in [-0.25, -0.2) is 0 Å². The third-order valence-electron chi connectivity index (χ3n) is 6.50. The lowest BCUT2D eigenvalue weighted by Crippen LogP contribution is -2.27. The van der Waals surface area contributed by atoms with E-state index in [0.29, 0.717) is 5.75 Å². The zero-order valence-electron chi connectivity index (χ0n) is 20.9. The molecule has 0 radical (unpaired) electrons. The Morgan fingerprint density at radius 2 is 1.41 bits per heavy atom. The molecule has 0 bridgehead atoms. The van der Waals surface area contributed by atoms with Crippen LogP contribution in [-0.2, 0) is 9.59 Å². The second kappa shape index (κ2) is 10.9. The van der Waals surface area contributed by atoms with Crippen LogP contribution in [0.25, 0.3) is 0 Å². The quantitative estimate of drug-likeness (QED) is 0.319. The summed E-state index contributed by atoms with van der Waals surface area (Å²) < 4.78 is 0. The molecule has 186 valence electrons. The molecule has 0 aliphatic carbocycles. The van der Waals surface area contributed by atoms with Gasteiger partial charge in [-0.3, -0.25) is 14.5 Å². The Bertz CT molecular complexity index is 1320. The molecule has 0 spiro atoms. The zero-order chi connectivity index (χ0) is 25.8. The van der Waals surface area contributed by atoms with Crippen LogP contribution in [-0.4, -0.2) is 31.7 Å². The Morgan fingerprint density at radius 1 is 0.838 bits per heavy atom. The normalized spacial score (nSPS) is 15.2. The fraction of sp³-hybridized carbons (Fsp3) is 0.161. The van der Waals surface area contributed by atoms with Gasteiger partial charge < -0.3 is 10.2 Å². The van der Waals surface area contributed by atoms with Crippen molar-refractivity contribution >= 4 is 40.6 Å². The van der Waals surface area contributed by atoms with Crippen LogP contribution >= 0.6 is 11.8 Å². The maximum absolute atomic E-state index is 13.4. The summed E-state index contributed by atoms with van der Waals surface area (Å²) in [5, 5.41) is 2.99. The monoisotopic (exact) mass is 507 g/mol. The van der Waals surface area contributed by atoms with Crippen LogP contribution < -0.4 is 15.1 Å². The third kappa shape index (κ3) is 5.39. The summed E-state index contributed by atoms with van der Waals surface area (Å²) in [5.74, 6) is 0.0384. The lowest BCUT2D eigenvalue weighted by molar-refractivity contribution is -0.117. The second-order valence-corrected chi connectivity index (χ2v) is 10.3. The molecular formula is C31H29N3O2S. The number of anilines is 3. The van der Waals surface area contributed by atoms with Crippen LogP contribution in [0.2, 0.25) is 0 Å². The number of carbonyl (C=O) groups excluding carboxylic acids is 2. The SMILES string of the molecule is CN(C)c1ccc(N2C(=O)CS[C@@H]2c2ccc(NC(=O)C(c3ccccc3)c3ccccc3)cc2)cc1. The minimum Gasteiger partial charge on any atom is -0.378 e. The molecule has 1 saturated heterocycles. The minimum atomic E-state index is -0.411. The van der Waals surface area contributed by atoms with Crippen LogP contribution in [0.1, 0.15) is 28.0 Å². The molecule has 1 atom stereocenters. The summed E-state index contributed by atoms with van der Waals surface area (Å²) in [6, 6.07) is 35.5. The van der Waals surface area contributed by atoms with E-state index in [2.05, 4.69) is 5.32 Å². The van der Waals surface area contributed by atoms with Crippen molar-refractivity contribution in [3.63, 3.8) is 0 Å². The molecular weight excluding hydrogens is 478 g/mol. The van der Waals surface area contributed by atoms with E-state index in [0.717, 1.165) is 33.8 Å². The van der Waals surface area contributed by atoms with E-state index in [-0.39, 0.29) is 17.2 Å². The number of nitrogens with zero attached hydrogens (tertiary/aromatic N) is 2. The van der Waals surface area contributed by atoms with Crippen molar-refractivity contribution in [1.82, 2.24) is 0 Å². The average molecular weight is 508 g/mol. The number of amides is 2. The minimum absolute atomic E-state index is 0.0850. The highest BCUT2D eigenvalue weighted by Crippen LogP contribution is 2.42.